The Labute approximate surface area is 144 Å². The Morgan fingerprint density at radius 1 is 1.29 bits per heavy atom. The molecule has 0 radical (unpaired) electrons. The van der Waals surface area contributed by atoms with Gasteiger partial charge < -0.3 is 14.3 Å². The third kappa shape index (κ3) is 2.75. The first-order valence-electron chi connectivity index (χ1n) is 8.75. The van der Waals surface area contributed by atoms with Crippen LogP contribution in [0.2, 0.25) is 0 Å². The van der Waals surface area contributed by atoms with Crippen molar-refractivity contribution in [1.29, 1.82) is 0 Å². The number of thioether (sulfide) groups is 1. The lowest BCUT2D eigenvalue weighted by molar-refractivity contribution is 0.289. The number of rotatable bonds is 6. The van der Waals surface area contributed by atoms with Gasteiger partial charge in [0.05, 0.1) is 17.7 Å². The topological polar surface area (TPSA) is 72.8 Å². The molecule has 0 amide bonds. The van der Waals surface area contributed by atoms with Crippen molar-refractivity contribution >= 4 is 11.8 Å². The standard InChI is InChI=1S/C17H20N4O2S/c22-15-12-2-1-3-13(12)19-17(20-15)24-8-14-16(23-11-6-7-11)18-9-21(14)10-4-5-10/h9-11H,1-8H2,(H,19,20,22). The second kappa shape index (κ2) is 5.65. The number of aromatic nitrogens is 4. The van der Waals surface area contributed by atoms with Crippen molar-refractivity contribution < 1.29 is 4.74 Å². The van der Waals surface area contributed by atoms with Crippen molar-refractivity contribution in [1.82, 2.24) is 19.5 Å². The van der Waals surface area contributed by atoms with Crippen molar-refractivity contribution in [3.63, 3.8) is 0 Å². The molecule has 2 saturated carbocycles. The van der Waals surface area contributed by atoms with Gasteiger partial charge in [0.2, 0.25) is 5.88 Å². The molecule has 1 N–H and O–H groups in total. The van der Waals surface area contributed by atoms with Crippen LogP contribution in [0.5, 0.6) is 5.88 Å². The van der Waals surface area contributed by atoms with Crippen LogP contribution in [-0.4, -0.2) is 25.6 Å². The Kier molecular flexibility index (Phi) is 3.43. The smallest absolute Gasteiger partial charge is 0.254 e. The molecule has 0 spiro atoms. The first kappa shape index (κ1) is 14.6. The molecule has 5 rings (SSSR count). The van der Waals surface area contributed by atoms with Crippen LogP contribution in [0.15, 0.2) is 16.3 Å². The van der Waals surface area contributed by atoms with Gasteiger partial charge in [-0.1, -0.05) is 11.8 Å². The van der Waals surface area contributed by atoms with Crippen LogP contribution in [-0.2, 0) is 18.6 Å². The number of nitrogens with one attached hydrogen (secondary N) is 1. The zero-order valence-electron chi connectivity index (χ0n) is 13.5. The molecular formula is C17H20N4O2S. The molecule has 6 nitrogen and oxygen atoms in total. The van der Waals surface area contributed by atoms with E-state index in [9.17, 15) is 4.79 Å². The van der Waals surface area contributed by atoms with Crippen molar-refractivity contribution in [2.24, 2.45) is 0 Å². The van der Waals surface area contributed by atoms with Crippen LogP contribution in [0.4, 0.5) is 0 Å². The molecule has 0 bridgehead atoms. The highest BCUT2D eigenvalue weighted by Gasteiger charge is 2.31. The maximum Gasteiger partial charge on any atom is 0.254 e. The van der Waals surface area contributed by atoms with Gasteiger partial charge in [-0.15, -0.1) is 0 Å². The van der Waals surface area contributed by atoms with E-state index in [1.165, 1.54) is 12.8 Å². The quantitative estimate of drug-likeness (QED) is 0.644. The first-order valence-corrected chi connectivity index (χ1v) is 9.74. The fraction of sp³-hybridized carbons (Fsp3) is 0.588. The Morgan fingerprint density at radius 2 is 2.17 bits per heavy atom. The average molecular weight is 344 g/mol. The number of nitrogens with zero attached hydrogens (tertiary/aromatic N) is 3. The summed E-state index contributed by atoms with van der Waals surface area (Å²) < 4.78 is 8.21. The number of H-pyrrole nitrogens is 1. The van der Waals surface area contributed by atoms with Crippen LogP contribution in [0.25, 0.3) is 0 Å². The molecule has 2 aromatic heterocycles. The monoisotopic (exact) mass is 344 g/mol. The third-order valence-electron chi connectivity index (χ3n) is 4.87. The first-order chi connectivity index (χ1) is 11.8. The van der Waals surface area contributed by atoms with E-state index in [1.54, 1.807) is 11.8 Å². The van der Waals surface area contributed by atoms with E-state index < -0.39 is 0 Å². The minimum atomic E-state index is 0.0326. The van der Waals surface area contributed by atoms with Gasteiger partial charge in [0, 0.05) is 17.4 Å². The normalized spacial score (nSPS) is 19.5. The highest BCUT2D eigenvalue weighted by molar-refractivity contribution is 7.98. The molecule has 0 saturated heterocycles. The van der Waals surface area contributed by atoms with E-state index in [0.29, 0.717) is 17.3 Å². The van der Waals surface area contributed by atoms with Gasteiger partial charge in [0.25, 0.3) is 5.56 Å². The van der Waals surface area contributed by atoms with E-state index in [0.717, 1.165) is 60.7 Å². The van der Waals surface area contributed by atoms with E-state index in [2.05, 4.69) is 19.5 Å². The minimum Gasteiger partial charge on any atom is -0.473 e. The Balaban J connectivity index is 1.38. The fourth-order valence-electron chi connectivity index (χ4n) is 3.24. The molecule has 0 aromatic carbocycles. The fourth-order valence-corrected chi connectivity index (χ4v) is 4.12. The molecule has 2 aromatic rings. The van der Waals surface area contributed by atoms with Gasteiger partial charge in [0.15, 0.2) is 5.16 Å². The van der Waals surface area contributed by atoms with E-state index in [1.807, 2.05) is 6.33 Å². The highest BCUT2D eigenvalue weighted by atomic mass is 32.2. The van der Waals surface area contributed by atoms with E-state index in [-0.39, 0.29) is 5.56 Å². The molecule has 0 atom stereocenters. The Morgan fingerprint density at radius 3 is 2.96 bits per heavy atom. The van der Waals surface area contributed by atoms with Gasteiger partial charge in [-0.3, -0.25) is 4.79 Å². The van der Waals surface area contributed by atoms with Crippen molar-refractivity contribution in [3.8, 4) is 5.88 Å². The number of ether oxygens (including phenoxy) is 1. The number of aryl methyl sites for hydroxylation is 1. The van der Waals surface area contributed by atoms with Gasteiger partial charge >= 0.3 is 0 Å². The van der Waals surface area contributed by atoms with Crippen molar-refractivity contribution in [2.45, 2.75) is 68.0 Å². The maximum absolute atomic E-state index is 12.1. The summed E-state index contributed by atoms with van der Waals surface area (Å²) >= 11 is 1.57. The molecule has 126 valence electrons. The number of hydrogen-bond acceptors (Lipinski definition) is 5. The van der Waals surface area contributed by atoms with Gasteiger partial charge in [0.1, 0.15) is 6.10 Å². The largest absolute Gasteiger partial charge is 0.473 e. The Bertz CT molecular complexity index is 836. The zero-order chi connectivity index (χ0) is 16.1. The molecule has 2 heterocycles. The average Bonchev–Trinajstić information content (AvgIpc) is 3.48. The molecule has 0 unspecified atom stereocenters. The number of imidazole rings is 1. The second-order valence-electron chi connectivity index (χ2n) is 6.89. The Hall–Kier alpha value is -1.76. The number of fused-ring (bicyclic) bond motifs is 1. The SMILES string of the molecule is O=c1[nH]c(SCc2c(OC3CC3)ncn2C2CC2)nc2c1CCC2. The zero-order valence-corrected chi connectivity index (χ0v) is 14.3. The second-order valence-corrected chi connectivity index (χ2v) is 7.85. The molecular weight excluding hydrogens is 324 g/mol. The summed E-state index contributed by atoms with van der Waals surface area (Å²) in [5.74, 6) is 1.49. The predicted molar refractivity (Wildman–Crippen MR) is 90.6 cm³/mol. The molecule has 0 aliphatic heterocycles. The molecule has 3 aliphatic rings. The van der Waals surface area contributed by atoms with Crippen LogP contribution in [0.1, 0.15) is 55.1 Å². The van der Waals surface area contributed by atoms with Gasteiger partial charge in [-0.2, -0.15) is 0 Å². The van der Waals surface area contributed by atoms with Crippen molar-refractivity contribution in [3.05, 3.63) is 33.6 Å². The van der Waals surface area contributed by atoms with E-state index in [4.69, 9.17) is 4.74 Å². The lowest BCUT2D eigenvalue weighted by atomic mass is 10.3. The lowest BCUT2D eigenvalue weighted by Gasteiger charge is -2.09. The van der Waals surface area contributed by atoms with E-state index >= 15 is 0 Å². The van der Waals surface area contributed by atoms with Crippen LogP contribution in [0.3, 0.4) is 0 Å². The number of aromatic amines is 1. The third-order valence-corrected chi connectivity index (χ3v) is 5.75. The van der Waals surface area contributed by atoms with Gasteiger partial charge in [-0.25, -0.2) is 9.97 Å². The summed E-state index contributed by atoms with van der Waals surface area (Å²) in [5.41, 5.74) is 3.01. The summed E-state index contributed by atoms with van der Waals surface area (Å²) in [6.45, 7) is 0. The van der Waals surface area contributed by atoms with Gasteiger partial charge in [-0.05, 0) is 44.9 Å². The van der Waals surface area contributed by atoms with Crippen LogP contribution >= 0.6 is 11.8 Å². The summed E-state index contributed by atoms with van der Waals surface area (Å²) in [5, 5.41) is 0.710. The molecule has 7 heteroatoms. The summed E-state index contributed by atoms with van der Waals surface area (Å²) in [6.07, 6.45) is 9.74. The van der Waals surface area contributed by atoms with Crippen LogP contribution < -0.4 is 10.3 Å². The molecule has 24 heavy (non-hydrogen) atoms. The number of hydrogen-bond donors (Lipinski definition) is 1. The lowest BCUT2D eigenvalue weighted by Crippen LogP contribution is -2.15. The predicted octanol–water partition coefficient (Wildman–Crippen LogP) is 2.62. The van der Waals surface area contributed by atoms with Crippen LogP contribution in [0, 0.1) is 0 Å². The summed E-state index contributed by atoms with van der Waals surface area (Å²) in [4.78, 5) is 24.2. The maximum atomic E-state index is 12.1. The summed E-state index contributed by atoms with van der Waals surface area (Å²) in [6, 6.07) is 0.566. The highest BCUT2D eigenvalue weighted by Crippen LogP contribution is 2.40. The minimum absolute atomic E-state index is 0.0326. The van der Waals surface area contributed by atoms with Crippen molar-refractivity contribution in [2.75, 3.05) is 0 Å². The summed E-state index contributed by atoms with van der Waals surface area (Å²) in [7, 11) is 0. The molecule has 2 fully saturated rings. The molecule has 3 aliphatic carbocycles.